The van der Waals surface area contributed by atoms with Crippen molar-refractivity contribution in [1.29, 1.82) is 0 Å². The summed E-state index contributed by atoms with van der Waals surface area (Å²) in [5.74, 6) is 2.39. The summed E-state index contributed by atoms with van der Waals surface area (Å²) in [7, 11) is -2.04. The zero-order valence-corrected chi connectivity index (χ0v) is 13.4. The van der Waals surface area contributed by atoms with Gasteiger partial charge in [-0.3, -0.25) is 0 Å². The molecule has 3 rings (SSSR count). The SMILES string of the molecule is COc1ccccc1S(=O)(=O)N[C@@H](C)[C@H]1C[C@H]2CC[C@H]1C2. The van der Waals surface area contributed by atoms with Crippen molar-refractivity contribution in [3.63, 3.8) is 0 Å². The maximum Gasteiger partial charge on any atom is 0.244 e. The third-order valence-electron chi connectivity index (χ3n) is 5.13. The molecule has 0 heterocycles. The van der Waals surface area contributed by atoms with Crippen molar-refractivity contribution in [2.45, 2.75) is 43.5 Å². The molecule has 2 bridgehead atoms. The molecule has 116 valence electrons. The van der Waals surface area contributed by atoms with Crippen molar-refractivity contribution < 1.29 is 13.2 Å². The molecule has 4 nitrogen and oxygen atoms in total. The predicted octanol–water partition coefficient (Wildman–Crippen LogP) is 2.80. The monoisotopic (exact) mass is 309 g/mol. The smallest absolute Gasteiger partial charge is 0.244 e. The number of hydrogen-bond acceptors (Lipinski definition) is 3. The van der Waals surface area contributed by atoms with Gasteiger partial charge < -0.3 is 4.74 Å². The fraction of sp³-hybridized carbons (Fsp3) is 0.625. The largest absolute Gasteiger partial charge is 0.495 e. The Labute approximate surface area is 126 Å². The van der Waals surface area contributed by atoms with Crippen molar-refractivity contribution in [3.05, 3.63) is 24.3 Å². The summed E-state index contributed by atoms with van der Waals surface area (Å²) in [6.07, 6.45) is 5.04. The number of nitrogens with one attached hydrogen (secondary N) is 1. The van der Waals surface area contributed by atoms with Gasteiger partial charge in [-0.25, -0.2) is 13.1 Å². The Morgan fingerprint density at radius 1 is 1.24 bits per heavy atom. The van der Waals surface area contributed by atoms with Crippen LogP contribution in [0.15, 0.2) is 29.2 Å². The Morgan fingerprint density at radius 3 is 2.62 bits per heavy atom. The van der Waals surface area contributed by atoms with Crippen molar-refractivity contribution in [2.24, 2.45) is 17.8 Å². The van der Waals surface area contributed by atoms with E-state index in [2.05, 4.69) is 4.72 Å². The minimum atomic E-state index is -3.53. The number of para-hydroxylation sites is 1. The molecule has 5 heteroatoms. The van der Waals surface area contributed by atoms with E-state index < -0.39 is 10.0 Å². The summed E-state index contributed by atoms with van der Waals surface area (Å²) >= 11 is 0. The Morgan fingerprint density at radius 2 is 2.00 bits per heavy atom. The fourth-order valence-corrected chi connectivity index (χ4v) is 5.61. The molecular weight excluding hydrogens is 286 g/mol. The highest BCUT2D eigenvalue weighted by Gasteiger charge is 2.42. The van der Waals surface area contributed by atoms with Crippen LogP contribution in [0.1, 0.15) is 32.6 Å². The number of fused-ring (bicyclic) bond motifs is 2. The molecule has 0 aromatic heterocycles. The first-order chi connectivity index (χ1) is 10.0. The number of benzene rings is 1. The number of ether oxygens (including phenoxy) is 1. The second kappa shape index (κ2) is 5.61. The van der Waals surface area contributed by atoms with E-state index in [0.29, 0.717) is 17.6 Å². The first-order valence-electron chi connectivity index (χ1n) is 7.66. The summed E-state index contributed by atoms with van der Waals surface area (Å²) in [5.41, 5.74) is 0. The molecule has 4 atom stereocenters. The molecule has 2 fully saturated rings. The first kappa shape index (κ1) is 14.9. The Bertz CT molecular complexity index is 614. The normalized spacial score (nSPS) is 29.5. The molecule has 0 radical (unpaired) electrons. The summed E-state index contributed by atoms with van der Waals surface area (Å²) in [5, 5.41) is 0. The van der Waals surface area contributed by atoms with Crippen molar-refractivity contribution in [1.82, 2.24) is 4.72 Å². The summed E-state index contributed by atoms with van der Waals surface area (Å²) < 4.78 is 33.2. The van der Waals surface area contributed by atoms with E-state index in [4.69, 9.17) is 4.74 Å². The number of sulfonamides is 1. The lowest BCUT2D eigenvalue weighted by atomic mass is 9.84. The van der Waals surface area contributed by atoms with Crippen LogP contribution in [-0.4, -0.2) is 21.6 Å². The fourth-order valence-electron chi connectivity index (χ4n) is 4.14. The van der Waals surface area contributed by atoms with Crippen molar-refractivity contribution >= 4 is 10.0 Å². The van der Waals surface area contributed by atoms with Gasteiger partial charge in [-0.05, 0) is 56.1 Å². The Hall–Kier alpha value is -1.07. The van der Waals surface area contributed by atoms with Crippen molar-refractivity contribution in [3.8, 4) is 5.75 Å². The summed E-state index contributed by atoms with van der Waals surface area (Å²) in [6.45, 7) is 2.00. The summed E-state index contributed by atoms with van der Waals surface area (Å²) in [4.78, 5) is 0.225. The van der Waals surface area contributed by atoms with Crippen LogP contribution in [0.4, 0.5) is 0 Å². The van der Waals surface area contributed by atoms with Gasteiger partial charge in [-0.2, -0.15) is 0 Å². The van der Waals surface area contributed by atoms with E-state index in [1.807, 2.05) is 6.92 Å². The van der Waals surface area contributed by atoms with Crippen LogP contribution < -0.4 is 9.46 Å². The van der Waals surface area contributed by atoms with Crippen molar-refractivity contribution in [2.75, 3.05) is 7.11 Å². The second-order valence-electron chi connectivity index (χ2n) is 6.40. The average Bonchev–Trinajstić information content (AvgIpc) is 3.09. The minimum Gasteiger partial charge on any atom is -0.495 e. The molecule has 0 aliphatic heterocycles. The van der Waals surface area contributed by atoms with Gasteiger partial charge in [0, 0.05) is 6.04 Å². The third-order valence-corrected chi connectivity index (χ3v) is 6.73. The quantitative estimate of drug-likeness (QED) is 0.910. The van der Waals surface area contributed by atoms with Gasteiger partial charge in [0.25, 0.3) is 0 Å². The second-order valence-corrected chi connectivity index (χ2v) is 8.08. The Balaban J connectivity index is 1.77. The van der Waals surface area contributed by atoms with E-state index >= 15 is 0 Å². The molecule has 0 spiro atoms. The van der Waals surface area contributed by atoms with Gasteiger partial charge in [0.05, 0.1) is 7.11 Å². The van der Waals surface area contributed by atoms with Gasteiger partial charge in [0.2, 0.25) is 10.0 Å². The summed E-state index contributed by atoms with van der Waals surface area (Å²) in [6, 6.07) is 6.75. The number of hydrogen-bond donors (Lipinski definition) is 1. The average molecular weight is 309 g/mol. The minimum absolute atomic E-state index is 0.0183. The molecule has 21 heavy (non-hydrogen) atoms. The molecule has 0 unspecified atom stereocenters. The van der Waals surface area contributed by atoms with Crippen LogP contribution in [0.25, 0.3) is 0 Å². The van der Waals surface area contributed by atoms with Crippen LogP contribution in [0.3, 0.4) is 0 Å². The molecule has 1 aromatic carbocycles. The molecule has 2 aliphatic rings. The Kier molecular flexibility index (Phi) is 3.97. The van der Waals surface area contributed by atoms with Gasteiger partial charge in [0.1, 0.15) is 10.6 Å². The van der Waals surface area contributed by atoms with Crippen LogP contribution in [0.2, 0.25) is 0 Å². The molecule has 2 aliphatic carbocycles. The van der Waals surface area contributed by atoms with Gasteiger partial charge in [-0.15, -0.1) is 0 Å². The van der Waals surface area contributed by atoms with Crippen LogP contribution in [-0.2, 0) is 10.0 Å². The highest BCUT2D eigenvalue weighted by Crippen LogP contribution is 2.49. The molecule has 2 saturated carbocycles. The maximum atomic E-state index is 12.6. The van der Waals surface area contributed by atoms with E-state index in [-0.39, 0.29) is 10.9 Å². The van der Waals surface area contributed by atoms with Crippen LogP contribution in [0, 0.1) is 17.8 Å². The van der Waals surface area contributed by atoms with E-state index in [0.717, 1.165) is 5.92 Å². The third kappa shape index (κ3) is 2.81. The highest BCUT2D eigenvalue weighted by atomic mass is 32.2. The maximum absolute atomic E-state index is 12.6. The molecule has 1 N–H and O–H groups in total. The van der Waals surface area contributed by atoms with Gasteiger partial charge in [-0.1, -0.05) is 18.6 Å². The first-order valence-corrected chi connectivity index (χ1v) is 9.15. The number of methoxy groups -OCH3 is 1. The molecule has 0 saturated heterocycles. The molecule has 1 aromatic rings. The lowest BCUT2D eigenvalue weighted by Gasteiger charge is -2.28. The lowest BCUT2D eigenvalue weighted by molar-refractivity contribution is 0.280. The van der Waals surface area contributed by atoms with E-state index in [1.165, 1.54) is 32.8 Å². The van der Waals surface area contributed by atoms with E-state index in [9.17, 15) is 8.42 Å². The zero-order chi connectivity index (χ0) is 15.0. The van der Waals surface area contributed by atoms with Gasteiger partial charge >= 0.3 is 0 Å². The van der Waals surface area contributed by atoms with Crippen LogP contribution in [0.5, 0.6) is 5.75 Å². The molecule has 0 amide bonds. The number of rotatable bonds is 5. The molecular formula is C16H23NO3S. The van der Waals surface area contributed by atoms with Crippen LogP contribution >= 0.6 is 0 Å². The van der Waals surface area contributed by atoms with Gasteiger partial charge in [0.15, 0.2) is 0 Å². The lowest BCUT2D eigenvalue weighted by Crippen LogP contribution is -2.40. The highest BCUT2D eigenvalue weighted by molar-refractivity contribution is 7.89. The zero-order valence-electron chi connectivity index (χ0n) is 12.6. The predicted molar refractivity (Wildman–Crippen MR) is 81.7 cm³/mol. The topological polar surface area (TPSA) is 55.4 Å². The standard InChI is InChI=1S/C16H23NO3S/c1-11(14-10-12-7-8-13(14)9-12)17-21(18,19)16-6-4-3-5-15(16)20-2/h3-6,11-14,17H,7-10H2,1-2H3/t11-,12-,13-,14+/m0/s1. The van der Waals surface area contributed by atoms with E-state index in [1.54, 1.807) is 24.3 Å².